The van der Waals surface area contributed by atoms with Crippen LogP contribution in [0.5, 0.6) is 0 Å². The number of imide groups is 2. The Kier molecular flexibility index (Phi) is 3.50. The van der Waals surface area contributed by atoms with E-state index in [1.165, 1.54) is 40.4 Å². The molecule has 6 aliphatic rings. The van der Waals surface area contributed by atoms with Gasteiger partial charge in [0.15, 0.2) is 6.67 Å². The third-order valence-corrected chi connectivity index (χ3v) is 7.48. The maximum absolute atomic E-state index is 13.1. The lowest BCUT2D eigenvalue weighted by atomic mass is 9.52. The van der Waals surface area contributed by atoms with Crippen LogP contribution in [0.2, 0.25) is 0 Å². The Hall–Kier alpha value is -1.43. The predicted octanol–water partition coefficient (Wildman–Crippen LogP) is 0.772. The molecule has 0 aromatic carbocycles. The number of rotatable bonds is 3. The number of urea groups is 1. The van der Waals surface area contributed by atoms with Crippen LogP contribution in [-0.2, 0) is 9.59 Å². The molecule has 4 saturated carbocycles. The summed E-state index contributed by atoms with van der Waals surface area (Å²) in [6.45, 7) is 2.34. The first-order valence-electron chi connectivity index (χ1n) is 10.1. The van der Waals surface area contributed by atoms with Crippen LogP contribution in [0.4, 0.5) is 4.79 Å². The number of piperidine rings is 1. The lowest BCUT2D eigenvalue weighted by Gasteiger charge is -2.58. The van der Waals surface area contributed by atoms with E-state index in [9.17, 15) is 14.4 Å². The number of amides is 4. The van der Waals surface area contributed by atoms with E-state index in [1.54, 1.807) is 0 Å². The summed E-state index contributed by atoms with van der Waals surface area (Å²) in [5, 5.41) is 0. The van der Waals surface area contributed by atoms with Gasteiger partial charge in [-0.2, -0.15) is 0 Å². The molecule has 4 amide bonds. The van der Waals surface area contributed by atoms with E-state index in [0.717, 1.165) is 45.2 Å². The molecule has 0 atom stereocenters. The summed E-state index contributed by atoms with van der Waals surface area (Å²) in [5.74, 6) is 0.790. The fraction of sp³-hybridized carbons (Fsp3) is 0.842. The monoisotopic (exact) mass is 346 g/mol. The number of hydrogen-bond acceptors (Lipinski definition) is 3. The highest BCUT2D eigenvalue weighted by atomic mass is 16.2. The minimum absolute atomic E-state index is 0.324. The van der Waals surface area contributed by atoms with Crippen molar-refractivity contribution >= 4 is 17.8 Å². The largest absolute Gasteiger partial charge is 0.339 e. The van der Waals surface area contributed by atoms with Crippen molar-refractivity contribution in [2.75, 3.05) is 19.8 Å². The summed E-state index contributed by atoms with van der Waals surface area (Å²) < 4.78 is 0. The van der Waals surface area contributed by atoms with Crippen LogP contribution in [0.1, 0.15) is 57.8 Å². The molecule has 0 aromatic heterocycles. The predicted molar refractivity (Wildman–Crippen MR) is 89.4 cm³/mol. The van der Waals surface area contributed by atoms with Gasteiger partial charge in [-0.05, 0) is 75.5 Å². The number of nitrogens with zero attached hydrogens (tertiary/aromatic N) is 2. The Morgan fingerprint density at radius 1 is 0.840 bits per heavy atom. The van der Waals surface area contributed by atoms with Gasteiger partial charge in [0.25, 0.3) is 0 Å². The zero-order valence-corrected chi connectivity index (χ0v) is 14.8. The second-order valence-corrected chi connectivity index (χ2v) is 9.27. The van der Waals surface area contributed by atoms with Gasteiger partial charge in [0.2, 0.25) is 0 Å². The topological polar surface area (TPSA) is 62.1 Å². The van der Waals surface area contributed by atoms with E-state index in [0.29, 0.717) is 24.4 Å². The first kappa shape index (κ1) is 15.8. The highest BCUT2D eigenvalue weighted by molar-refractivity contribution is 6.44. The molecule has 25 heavy (non-hydrogen) atoms. The van der Waals surface area contributed by atoms with Gasteiger partial charge in [-0.3, -0.25) is 9.59 Å². The molecule has 2 heterocycles. The van der Waals surface area contributed by atoms with Crippen LogP contribution in [-0.4, -0.2) is 52.9 Å². The van der Waals surface area contributed by atoms with Crippen LogP contribution in [0.3, 0.4) is 0 Å². The van der Waals surface area contributed by atoms with E-state index in [1.807, 2.05) is 0 Å². The van der Waals surface area contributed by atoms with E-state index in [2.05, 4.69) is 0 Å². The number of carbonyl (C=O) groups excluding carboxylic acids is 3. The van der Waals surface area contributed by atoms with Gasteiger partial charge < -0.3 is 4.90 Å². The number of hydrogen-bond donors (Lipinski definition) is 1. The molecule has 4 aliphatic carbocycles. The molecule has 0 aromatic rings. The SMILES string of the molecule is O=C1C(=O)N(C23CC4CC(CC(C4)C2)C3)C(=O)N1C[NH+]1CCCCC1. The van der Waals surface area contributed by atoms with Crippen LogP contribution in [0, 0.1) is 17.8 Å². The zero-order valence-electron chi connectivity index (χ0n) is 14.8. The number of quaternary nitrogens is 1. The van der Waals surface area contributed by atoms with Gasteiger partial charge in [-0.1, -0.05) is 0 Å². The van der Waals surface area contributed by atoms with Crippen molar-refractivity contribution in [1.29, 1.82) is 0 Å². The van der Waals surface area contributed by atoms with Crippen molar-refractivity contribution in [3.05, 3.63) is 0 Å². The summed E-state index contributed by atoms with van der Waals surface area (Å²) in [5.41, 5.74) is -0.357. The zero-order chi connectivity index (χ0) is 17.2. The Morgan fingerprint density at radius 3 is 1.96 bits per heavy atom. The first-order valence-corrected chi connectivity index (χ1v) is 10.1. The smallest absolute Gasteiger partial charge is 0.317 e. The normalized spacial score (nSPS) is 41.3. The Balaban J connectivity index is 1.39. The maximum atomic E-state index is 13.1. The molecule has 1 N–H and O–H groups in total. The second kappa shape index (κ2) is 5.53. The summed E-state index contributed by atoms with van der Waals surface area (Å²) in [6.07, 6.45) is 10.0. The molecule has 136 valence electrons. The summed E-state index contributed by atoms with van der Waals surface area (Å²) >= 11 is 0. The lowest BCUT2D eigenvalue weighted by molar-refractivity contribution is -0.912. The second-order valence-electron chi connectivity index (χ2n) is 9.27. The standard InChI is InChI=1S/C19H27N3O3/c23-16-17(24)22(18(25)21(16)12-20-4-2-1-3-5-20)19-9-13-6-14(10-19)8-15(7-13)11-19/h13-15H,1-12H2/p+1. The highest BCUT2D eigenvalue weighted by Gasteiger charge is 2.61. The third-order valence-electron chi connectivity index (χ3n) is 7.48. The molecule has 2 aliphatic heterocycles. The minimum atomic E-state index is -0.584. The Morgan fingerprint density at radius 2 is 1.40 bits per heavy atom. The summed E-state index contributed by atoms with van der Waals surface area (Å²) in [6, 6.07) is -0.324. The van der Waals surface area contributed by atoms with E-state index in [-0.39, 0.29) is 11.6 Å². The van der Waals surface area contributed by atoms with Gasteiger partial charge in [0.05, 0.1) is 18.6 Å². The van der Waals surface area contributed by atoms with Crippen LogP contribution in [0.25, 0.3) is 0 Å². The van der Waals surface area contributed by atoms with Crippen molar-refractivity contribution < 1.29 is 19.3 Å². The lowest BCUT2D eigenvalue weighted by Crippen LogP contribution is -3.14. The van der Waals surface area contributed by atoms with Crippen LogP contribution < -0.4 is 4.90 Å². The van der Waals surface area contributed by atoms with Gasteiger partial charge in [0, 0.05) is 0 Å². The molecule has 0 unspecified atom stereocenters. The van der Waals surface area contributed by atoms with Crippen LogP contribution >= 0.6 is 0 Å². The average molecular weight is 346 g/mol. The molecular weight excluding hydrogens is 318 g/mol. The fourth-order valence-corrected chi connectivity index (χ4v) is 6.84. The summed E-state index contributed by atoms with van der Waals surface area (Å²) in [4.78, 5) is 42.4. The minimum Gasteiger partial charge on any atom is -0.317 e. The quantitative estimate of drug-likeness (QED) is 0.607. The molecule has 6 rings (SSSR count). The van der Waals surface area contributed by atoms with Crippen molar-refractivity contribution in [3.63, 3.8) is 0 Å². The van der Waals surface area contributed by atoms with Gasteiger partial charge >= 0.3 is 17.8 Å². The molecule has 6 fully saturated rings. The number of likely N-dealkylation sites (tertiary alicyclic amines) is 1. The average Bonchev–Trinajstić information content (AvgIpc) is 2.78. The molecule has 2 saturated heterocycles. The van der Waals surface area contributed by atoms with Crippen LogP contribution in [0.15, 0.2) is 0 Å². The van der Waals surface area contributed by atoms with E-state index >= 15 is 0 Å². The summed E-state index contributed by atoms with van der Waals surface area (Å²) in [7, 11) is 0. The van der Waals surface area contributed by atoms with Gasteiger partial charge in [-0.15, -0.1) is 0 Å². The Labute approximate surface area is 148 Å². The van der Waals surface area contributed by atoms with Gasteiger partial charge in [-0.25, -0.2) is 14.6 Å². The molecule has 6 heteroatoms. The van der Waals surface area contributed by atoms with Crippen molar-refractivity contribution in [2.24, 2.45) is 17.8 Å². The number of nitrogens with one attached hydrogen (secondary N) is 1. The highest BCUT2D eigenvalue weighted by Crippen LogP contribution is 2.58. The molecule has 6 nitrogen and oxygen atoms in total. The van der Waals surface area contributed by atoms with Gasteiger partial charge in [0.1, 0.15) is 0 Å². The number of carbonyl (C=O) groups is 3. The Bertz CT molecular complexity index is 590. The van der Waals surface area contributed by atoms with E-state index in [4.69, 9.17) is 0 Å². The van der Waals surface area contributed by atoms with Crippen molar-refractivity contribution in [1.82, 2.24) is 9.80 Å². The third kappa shape index (κ3) is 2.36. The molecule has 0 radical (unpaired) electrons. The van der Waals surface area contributed by atoms with E-state index < -0.39 is 11.8 Å². The molecule has 0 spiro atoms. The fourth-order valence-electron chi connectivity index (χ4n) is 6.84. The molecule has 4 bridgehead atoms. The van der Waals surface area contributed by atoms with Crippen molar-refractivity contribution in [2.45, 2.75) is 63.3 Å². The molecular formula is C19H28N3O3+. The maximum Gasteiger partial charge on any atom is 0.339 e. The van der Waals surface area contributed by atoms with Crippen molar-refractivity contribution in [3.8, 4) is 0 Å². The first-order chi connectivity index (χ1) is 12.1.